The quantitative estimate of drug-likeness (QED) is 0.409. The second kappa shape index (κ2) is 13.2. The van der Waals surface area contributed by atoms with E-state index in [9.17, 15) is 0 Å². The van der Waals surface area contributed by atoms with E-state index in [2.05, 4.69) is 29.3 Å². The number of pyridine rings is 1. The Morgan fingerprint density at radius 2 is 1.36 bits per heavy atom. The lowest BCUT2D eigenvalue weighted by Crippen LogP contribution is -2.02. The minimum Gasteiger partial charge on any atom is -0.375 e. The Kier molecular flexibility index (Phi) is 11.2. The zero-order valence-electron chi connectivity index (χ0n) is 14.0. The van der Waals surface area contributed by atoms with Gasteiger partial charge >= 0.3 is 0 Å². The second-order valence-electron chi connectivity index (χ2n) is 5.15. The standard InChI is InChI=1S/C19H29NO2/c1-3-5-7-9-14-21-16-18-12-11-13-19(20-18)17-22-15-10-8-6-4-2/h3-6,11-13H,7-10,14-17H2,1-2H3. The molecular formula is C19H29NO2. The molecule has 0 bridgehead atoms. The van der Waals surface area contributed by atoms with Gasteiger partial charge in [0.2, 0.25) is 0 Å². The van der Waals surface area contributed by atoms with Crippen LogP contribution >= 0.6 is 0 Å². The molecule has 0 aliphatic rings. The lowest BCUT2D eigenvalue weighted by atomic mass is 10.3. The Morgan fingerprint density at radius 1 is 0.864 bits per heavy atom. The molecule has 3 nitrogen and oxygen atoms in total. The van der Waals surface area contributed by atoms with E-state index in [1.165, 1.54) is 0 Å². The zero-order valence-corrected chi connectivity index (χ0v) is 14.0. The van der Waals surface area contributed by atoms with Gasteiger partial charge in [-0.2, -0.15) is 0 Å². The van der Waals surface area contributed by atoms with Crippen LogP contribution in [0.4, 0.5) is 0 Å². The first-order chi connectivity index (χ1) is 10.9. The number of allylic oxidation sites excluding steroid dienone is 4. The van der Waals surface area contributed by atoms with E-state index in [1.54, 1.807) is 0 Å². The lowest BCUT2D eigenvalue weighted by molar-refractivity contribution is 0.110. The Balaban J connectivity index is 2.18. The molecule has 0 unspecified atom stereocenters. The van der Waals surface area contributed by atoms with Crippen LogP contribution in [-0.2, 0) is 22.7 Å². The summed E-state index contributed by atoms with van der Waals surface area (Å²) in [5, 5.41) is 0. The molecule has 22 heavy (non-hydrogen) atoms. The average molecular weight is 303 g/mol. The fourth-order valence-electron chi connectivity index (χ4n) is 1.98. The van der Waals surface area contributed by atoms with Crippen molar-refractivity contribution in [2.45, 2.75) is 52.7 Å². The van der Waals surface area contributed by atoms with Crippen molar-refractivity contribution >= 4 is 0 Å². The van der Waals surface area contributed by atoms with Crippen LogP contribution in [0.3, 0.4) is 0 Å². The summed E-state index contributed by atoms with van der Waals surface area (Å²) in [6.07, 6.45) is 12.7. The van der Waals surface area contributed by atoms with Gasteiger partial charge < -0.3 is 9.47 Å². The van der Waals surface area contributed by atoms with E-state index < -0.39 is 0 Å². The van der Waals surface area contributed by atoms with Crippen LogP contribution in [0.2, 0.25) is 0 Å². The zero-order chi connectivity index (χ0) is 15.9. The molecule has 0 fully saturated rings. The molecule has 3 heteroatoms. The van der Waals surface area contributed by atoms with E-state index in [-0.39, 0.29) is 0 Å². The highest BCUT2D eigenvalue weighted by Gasteiger charge is 1.99. The summed E-state index contributed by atoms with van der Waals surface area (Å²) >= 11 is 0. The van der Waals surface area contributed by atoms with Gasteiger partial charge in [-0.1, -0.05) is 30.4 Å². The summed E-state index contributed by atoms with van der Waals surface area (Å²) in [5.41, 5.74) is 1.95. The maximum absolute atomic E-state index is 5.65. The van der Waals surface area contributed by atoms with E-state index >= 15 is 0 Å². The van der Waals surface area contributed by atoms with E-state index in [1.807, 2.05) is 32.0 Å². The van der Waals surface area contributed by atoms with Gasteiger partial charge in [0.15, 0.2) is 0 Å². The van der Waals surface area contributed by atoms with Gasteiger partial charge in [0, 0.05) is 13.2 Å². The number of hydrogen-bond acceptors (Lipinski definition) is 3. The number of aromatic nitrogens is 1. The van der Waals surface area contributed by atoms with Crippen molar-refractivity contribution in [3.8, 4) is 0 Å². The number of nitrogens with zero attached hydrogens (tertiary/aromatic N) is 1. The molecule has 0 aliphatic heterocycles. The number of rotatable bonds is 12. The summed E-state index contributed by atoms with van der Waals surface area (Å²) < 4.78 is 11.3. The van der Waals surface area contributed by atoms with Gasteiger partial charge in [0.05, 0.1) is 24.6 Å². The molecule has 1 aromatic heterocycles. The van der Waals surface area contributed by atoms with E-state index in [4.69, 9.17) is 9.47 Å². The molecule has 0 N–H and O–H groups in total. The second-order valence-corrected chi connectivity index (χ2v) is 5.15. The summed E-state index contributed by atoms with van der Waals surface area (Å²) in [5.74, 6) is 0. The van der Waals surface area contributed by atoms with Gasteiger partial charge in [-0.15, -0.1) is 0 Å². The monoisotopic (exact) mass is 303 g/mol. The topological polar surface area (TPSA) is 31.4 Å². The van der Waals surface area contributed by atoms with Crippen LogP contribution in [0.25, 0.3) is 0 Å². The minimum absolute atomic E-state index is 0.574. The minimum atomic E-state index is 0.574. The molecule has 1 rings (SSSR count). The largest absolute Gasteiger partial charge is 0.375 e. The average Bonchev–Trinajstić information content (AvgIpc) is 2.54. The van der Waals surface area contributed by atoms with Crippen molar-refractivity contribution in [2.24, 2.45) is 0 Å². The predicted octanol–water partition coefficient (Wildman–Crippen LogP) is 4.83. The SMILES string of the molecule is CC=CCCCOCc1cccc(COCCCC=CC)n1. The summed E-state index contributed by atoms with van der Waals surface area (Å²) in [7, 11) is 0. The normalized spacial score (nSPS) is 11.7. The summed E-state index contributed by atoms with van der Waals surface area (Å²) in [6, 6.07) is 6.02. The van der Waals surface area contributed by atoms with Crippen molar-refractivity contribution in [1.82, 2.24) is 4.98 Å². The van der Waals surface area contributed by atoms with Gasteiger partial charge in [0.1, 0.15) is 0 Å². The Labute approximate surface area is 135 Å². The van der Waals surface area contributed by atoms with Crippen molar-refractivity contribution in [1.29, 1.82) is 0 Å². The number of hydrogen-bond donors (Lipinski definition) is 0. The molecule has 0 radical (unpaired) electrons. The third-order valence-electron chi connectivity index (χ3n) is 3.15. The van der Waals surface area contributed by atoms with Crippen LogP contribution in [0.1, 0.15) is 50.9 Å². The number of unbranched alkanes of at least 4 members (excludes halogenated alkanes) is 2. The van der Waals surface area contributed by atoms with Crippen molar-refractivity contribution in [3.63, 3.8) is 0 Å². The van der Waals surface area contributed by atoms with Gasteiger partial charge in [-0.05, 0) is 51.7 Å². The first-order valence-corrected chi connectivity index (χ1v) is 8.19. The highest BCUT2D eigenvalue weighted by Crippen LogP contribution is 2.04. The molecule has 0 spiro atoms. The fraction of sp³-hybridized carbons (Fsp3) is 0.526. The maximum atomic E-state index is 5.65. The molecule has 0 amide bonds. The van der Waals surface area contributed by atoms with E-state index in [0.29, 0.717) is 13.2 Å². The summed E-state index contributed by atoms with van der Waals surface area (Å²) in [4.78, 5) is 4.56. The molecule has 0 saturated heterocycles. The molecular weight excluding hydrogens is 274 g/mol. The first-order valence-electron chi connectivity index (χ1n) is 8.19. The van der Waals surface area contributed by atoms with Crippen molar-refractivity contribution < 1.29 is 9.47 Å². The predicted molar refractivity (Wildman–Crippen MR) is 91.6 cm³/mol. The molecule has 1 aromatic rings. The fourth-order valence-corrected chi connectivity index (χ4v) is 1.98. The lowest BCUT2D eigenvalue weighted by Gasteiger charge is -2.06. The molecule has 0 atom stereocenters. The van der Waals surface area contributed by atoms with Crippen LogP contribution in [-0.4, -0.2) is 18.2 Å². The highest BCUT2D eigenvalue weighted by molar-refractivity contribution is 5.09. The van der Waals surface area contributed by atoms with Crippen LogP contribution in [0.5, 0.6) is 0 Å². The van der Waals surface area contributed by atoms with Crippen molar-refractivity contribution in [2.75, 3.05) is 13.2 Å². The van der Waals surface area contributed by atoms with Gasteiger partial charge in [-0.25, -0.2) is 0 Å². The van der Waals surface area contributed by atoms with Crippen molar-refractivity contribution in [3.05, 3.63) is 53.9 Å². The summed E-state index contributed by atoms with van der Waals surface area (Å²) in [6.45, 7) is 6.78. The van der Waals surface area contributed by atoms with Crippen LogP contribution in [0.15, 0.2) is 42.5 Å². The number of ether oxygens (including phenoxy) is 2. The molecule has 0 saturated carbocycles. The smallest absolute Gasteiger partial charge is 0.0887 e. The highest BCUT2D eigenvalue weighted by atomic mass is 16.5. The van der Waals surface area contributed by atoms with Gasteiger partial charge in [0.25, 0.3) is 0 Å². The van der Waals surface area contributed by atoms with E-state index in [0.717, 1.165) is 50.3 Å². The molecule has 0 aromatic carbocycles. The third kappa shape index (κ3) is 9.48. The maximum Gasteiger partial charge on any atom is 0.0887 e. The van der Waals surface area contributed by atoms with Gasteiger partial charge in [-0.3, -0.25) is 4.98 Å². The Morgan fingerprint density at radius 3 is 1.82 bits per heavy atom. The first kappa shape index (κ1) is 18.6. The van der Waals surface area contributed by atoms with Crippen LogP contribution < -0.4 is 0 Å². The van der Waals surface area contributed by atoms with Crippen LogP contribution in [0, 0.1) is 0 Å². The molecule has 122 valence electrons. The Hall–Kier alpha value is -1.45. The Bertz CT molecular complexity index is 404. The molecule has 0 aliphatic carbocycles. The third-order valence-corrected chi connectivity index (χ3v) is 3.15. The molecule has 1 heterocycles.